The Hall–Kier alpha value is -3.86. The van der Waals surface area contributed by atoms with Gasteiger partial charge in [0.1, 0.15) is 12.6 Å². The molecular weight excluding hydrogens is 422 g/mol. The van der Waals surface area contributed by atoms with Crippen LogP contribution in [0.1, 0.15) is 39.6 Å². The number of piperazine rings is 1. The van der Waals surface area contributed by atoms with Gasteiger partial charge in [-0.05, 0) is 36.6 Å². The molecule has 3 heterocycles. The third-order valence-electron chi connectivity index (χ3n) is 7.23. The largest absolute Gasteiger partial charge is 0.356 e. The molecule has 170 valence electrons. The summed E-state index contributed by atoms with van der Waals surface area (Å²) in [6.07, 6.45) is 0.524. The predicted octanol–water partition coefficient (Wildman–Crippen LogP) is 4.67. The van der Waals surface area contributed by atoms with Gasteiger partial charge >= 0.3 is 0 Å². The molecule has 5 heteroatoms. The molecule has 1 saturated heterocycles. The van der Waals surface area contributed by atoms with Crippen molar-refractivity contribution in [1.29, 1.82) is 0 Å². The number of aromatic amines is 1. The minimum absolute atomic E-state index is 0.00778. The number of benzene rings is 3. The van der Waals surface area contributed by atoms with Gasteiger partial charge in [0, 0.05) is 29.6 Å². The van der Waals surface area contributed by atoms with Gasteiger partial charge in [-0.25, -0.2) is 0 Å². The molecule has 0 saturated carbocycles. The Morgan fingerprint density at radius 3 is 2.29 bits per heavy atom. The summed E-state index contributed by atoms with van der Waals surface area (Å²) >= 11 is 0. The predicted molar refractivity (Wildman–Crippen MR) is 132 cm³/mol. The first-order chi connectivity index (χ1) is 16.5. The molecule has 2 amide bonds. The van der Waals surface area contributed by atoms with Crippen molar-refractivity contribution in [2.75, 3.05) is 6.54 Å². The number of aryl methyl sites for hydroxylation is 2. The van der Waals surface area contributed by atoms with Crippen LogP contribution in [0, 0.1) is 13.8 Å². The van der Waals surface area contributed by atoms with Crippen LogP contribution in [0.5, 0.6) is 0 Å². The number of hydrogen-bond acceptors (Lipinski definition) is 2. The number of carbonyl (C=O) groups is 2. The van der Waals surface area contributed by atoms with E-state index in [1.54, 1.807) is 4.90 Å². The second kappa shape index (κ2) is 7.87. The zero-order valence-corrected chi connectivity index (χ0v) is 19.4. The molecule has 4 aromatic rings. The summed E-state index contributed by atoms with van der Waals surface area (Å²) in [6.45, 7) is 4.65. The van der Waals surface area contributed by atoms with Gasteiger partial charge in [-0.1, -0.05) is 77.9 Å². The summed E-state index contributed by atoms with van der Waals surface area (Å²) in [5.74, 6) is 0.0137. The van der Waals surface area contributed by atoms with Gasteiger partial charge in [0.15, 0.2) is 0 Å². The lowest BCUT2D eigenvalue weighted by atomic mass is 9.86. The van der Waals surface area contributed by atoms with Crippen LogP contribution in [-0.4, -0.2) is 39.2 Å². The van der Waals surface area contributed by atoms with E-state index in [2.05, 4.69) is 48.3 Å². The van der Waals surface area contributed by atoms with Crippen molar-refractivity contribution in [3.63, 3.8) is 0 Å². The van der Waals surface area contributed by atoms with Crippen LogP contribution in [0.25, 0.3) is 10.9 Å². The summed E-state index contributed by atoms with van der Waals surface area (Å²) in [7, 11) is 0. The van der Waals surface area contributed by atoms with Gasteiger partial charge in [-0.3, -0.25) is 9.59 Å². The van der Waals surface area contributed by atoms with Gasteiger partial charge in [0.05, 0.1) is 6.04 Å². The molecule has 6 rings (SSSR count). The van der Waals surface area contributed by atoms with E-state index < -0.39 is 6.04 Å². The zero-order chi connectivity index (χ0) is 23.4. The number of hydrogen-bond donors (Lipinski definition) is 1. The molecule has 0 radical (unpaired) electrons. The van der Waals surface area contributed by atoms with Crippen molar-refractivity contribution >= 4 is 22.7 Å². The lowest BCUT2D eigenvalue weighted by Crippen LogP contribution is -2.62. The first kappa shape index (κ1) is 20.7. The van der Waals surface area contributed by atoms with Gasteiger partial charge in [0.25, 0.3) is 0 Å². The Balaban J connectivity index is 1.44. The molecule has 2 unspecified atom stereocenters. The van der Waals surface area contributed by atoms with Crippen LogP contribution in [-0.2, 0) is 22.6 Å². The second-order valence-corrected chi connectivity index (χ2v) is 9.58. The zero-order valence-electron chi connectivity index (χ0n) is 19.4. The van der Waals surface area contributed by atoms with Gasteiger partial charge in [0.2, 0.25) is 11.8 Å². The van der Waals surface area contributed by atoms with Crippen LogP contribution < -0.4 is 0 Å². The number of para-hydroxylation sites is 1. The number of H-pyrrole nitrogens is 1. The standard InChI is InChI=1S/C29H27N3O2/c1-18-7-11-20(12-8-18)16-31-17-26(33)32-25(29(31)34)15-23-22-5-3-4-6-24(22)30-27(23)28(32)21-13-9-19(2)10-14-21/h3-14,25,28,30H,15-17H2,1-2H3. The maximum Gasteiger partial charge on any atom is 0.246 e. The van der Waals surface area contributed by atoms with Crippen LogP contribution in [0.3, 0.4) is 0 Å². The van der Waals surface area contributed by atoms with Crippen LogP contribution in [0.2, 0.25) is 0 Å². The third-order valence-corrected chi connectivity index (χ3v) is 7.23. The topological polar surface area (TPSA) is 56.4 Å². The first-order valence-electron chi connectivity index (χ1n) is 11.8. The minimum Gasteiger partial charge on any atom is -0.356 e. The van der Waals surface area contributed by atoms with E-state index in [0.717, 1.165) is 33.3 Å². The quantitative estimate of drug-likeness (QED) is 0.494. The van der Waals surface area contributed by atoms with Crippen molar-refractivity contribution in [2.24, 2.45) is 0 Å². The fraction of sp³-hybridized carbons (Fsp3) is 0.241. The van der Waals surface area contributed by atoms with Crippen molar-refractivity contribution < 1.29 is 9.59 Å². The van der Waals surface area contributed by atoms with E-state index in [4.69, 9.17) is 0 Å². The molecule has 1 aromatic heterocycles. The van der Waals surface area contributed by atoms with E-state index in [1.807, 2.05) is 48.2 Å². The molecule has 34 heavy (non-hydrogen) atoms. The van der Waals surface area contributed by atoms with Crippen LogP contribution >= 0.6 is 0 Å². The molecule has 0 bridgehead atoms. The summed E-state index contributed by atoms with van der Waals surface area (Å²) in [4.78, 5) is 34.6. The average Bonchev–Trinajstić information content (AvgIpc) is 3.21. The fourth-order valence-corrected chi connectivity index (χ4v) is 5.47. The molecule has 0 aliphatic carbocycles. The SMILES string of the molecule is Cc1ccc(CN2CC(=O)N3C(Cc4c([nH]c5ccccc45)C3c3ccc(C)cc3)C2=O)cc1. The lowest BCUT2D eigenvalue weighted by Gasteiger charge is -2.47. The third kappa shape index (κ3) is 3.31. The van der Waals surface area contributed by atoms with E-state index in [1.165, 1.54) is 11.1 Å². The van der Waals surface area contributed by atoms with E-state index >= 15 is 0 Å². The highest BCUT2D eigenvalue weighted by molar-refractivity contribution is 5.97. The smallest absolute Gasteiger partial charge is 0.246 e. The monoisotopic (exact) mass is 449 g/mol. The molecule has 2 aliphatic heterocycles. The highest BCUT2D eigenvalue weighted by Gasteiger charge is 2.48. The van der Waals surface area contributed by atoms with E-state index in [-0.39, 0.29) is 24.4 Å². The molecule has 3 aromatic carbocycles. The number of amides is 2. The Kier molecular flexibility index (Phi) is 4.80. The number of nitrogens with zero attached hydrogens (tertiary/aromatic N) is 2. The summed E-state index contributed by atoms with van der Waals surface area (Å²) in [6, 6.07) is 23.8. The van der Waals surface area contributed by atoms with Crippen LogP contribution in [0.4, 0.5) is 0 Å². The normalized spacial score (nSPS) is 19.9. The highest BCUT2D eigenvalue weighted by atomic mass is 16.2. The minimum atomic E-state index is -0.510. The molecule has 2 aliphatic rings. The molecule has 2 atom stereocenters. The number of fused-ring (bicyclic) bond motifs is 4. The van der Waals surface area contributed by atoms with Crippen LogP contribution in [0.15, 0.2) is 72.8 Å². The summed E-state index contributed by atoms with van der Waals surface area (Å²) < 4.78 is 0. The lowest BCUT2D eigenvalue weighted by molar-refractivity contribution is -0.159. The maximum atomic E-state index is 13.8. The molecule has 0 spiro atoms. The molecular formula is C29H27N3O2. The fourth-order valence-electron chi connectivity index (χ4n) is 5.47. The Bertz CT molecular complexity index is 1400. The van der Waals surface area contributed by atoms with E-state index in [0.29, 0.717) is 13.0 Å². The van der Waals surface area contributed by atoms with Crippen molar-refractivity contribution in [3.05, 3.63) is 106 Å². The van der Waals surface area contributed by atoms with Gasteiger partial charge < -0.3 is 14.8 Å². The number of rotatable bonds is 3. The molecule has 1 fully saturated rings. The average molecular weight is 450 g/mol. The summed E-state index contributed by atoms with van der Waals surface area (Å²) in [5.41, 5.74) is 7.61. The van der Waals surface area contributed by atoms with Crippen molar-refractivity contribution in [3.8, 4) is 0 Å². The molecule has 5 nitrogen and oxygen atoms in total. The summed E-state index contributed by atoms with van der Waals surface area (Å²) in [5, 5.41) is 1.13. The Morgan fingerprint density at radius 2 is 1.56 bits per heavy atom. The van der Waals surface area contributed by atoms with Gasteiger partial charge in [-0.15, -0.1) is 0 Å². The highest BCUT2D eigenvalue weighted by Crippen LogP contribution is 2.42. The maximum absolute atomic E-state index is 13.8. The first-order valence-corrected chi connectivity index (χ1v) is 11.8. The van der Waals surface area contributed by atoms with E-state index in [9.17, 15) is 9.59 Å². The van der Waals surface area contributed by atoms with Crippen molar-refractivity contribution in [2.45, 2.75) is 38.9 Å². The Labute approximate surface area is 199 Å². The second-order valence-electron chi connectivity index (χ2n) is 9.58. The number of aromatic nitrogens is 1. The van der Waals surface area contributed by atoms with Gasteiger partial charge in [-0.2, -0.15) is 0 Å². The number of carbonyl (C=O) groups excluding carboxylic acids is 2. The van der Waals surface area contributed by atoms with Crippen molar-refractivity contribution in [1.82, 2.24) is 14.8 Å². The number of nitrogens with one attached hydrogen (secondary N) is 1. The Morgan fingerprint density at radius 1 is 0.882 bits per heavy atom. The molecule has 1 N–H and O–H groups in total.